The molecule has 0 amide bonds. The topological polar surface area (TPSA) is 87.6 Å². The highest BCUT2D eigenvalue weighted by Crippen LogP contribution is 2.41. The lowest BCUT2D eigenvalue weighted by Gasteiger charge is -2.33. The van der Waals surface area contributed by atoms with Crippen LogP contribution in [0.25, 0.3) is 6.08 Å². The minimum absolute atomic E-state index is 0.118. The van der Waals surface area contributed by atoms with E-state index in [-0.39, 0.29) is 12.4 Å². The van der Waals surface area contributed by atoms with Crippen molar-refractivity contribution in [2.45, 2.75) is 77.2 Å². The van der Waals surface area contributed by atoms with Crippen LogP contribution in [0.2, 0.25) is 0 Å². The number of unbranched alkanes of at least 4 members (excludes halogenated alkanes) is 3. The van der Waals surface area contributed by atoms with Gasteiger partial charge in [0.2, 0.25) is 0 Å². The molecule has 4 N–H and O–H groups in total. The fraction of sp³-hybridized carbons (Fsp3) is 0.500. The number of carbonyl (C=O) groups is 1. The summed E-state index contributed by atoms with van der Waals surface area (Å²) in [5.41, 5.74) is 14.3. The molecule has 0 bridgehead atoms. The summed E-state index contributed by atoms with van der Waals surface area (Å²) in [6, 6.07) is 11.5. The number of benzene rings is 2. The number of anilines is 2. The molecule has 37 heavy (non-hydrogen) atoms. The average molecular weight is 515 g/mol. The van der Waals surface area contributed by atoms with Gasteiger partial charge in [-0.2, -0.15) is 8.78 Å². The van der Waals surface area contributed by atoms with E-state index >= 15 is 0 Å². The monoisotopic (exact) mass is 514 g/mol. The molecule has 3 rings (SSSR count). The van der Waals surface area contributed by atoms with E-state index in [9.17, 15) is 13.6 Å². The molecule has 0 heterocycles. The van der Waals surface area contributed by atoms with Crippen LogP contribution in [-0.4, -0.2) is 18.7 Å². The van der Waals surface area contributed by atoms with E-state index in [2.05, 4.69) is 6.92 Å². The Kier molecular flexibility index (Phi) is 10.8. The Morgan fingerprint density at radius 2 is 1.76 bits per heavy atom. The minimum atomic E-state index is -3.19. The number of ether oxygens (including phenoxy) is 2. The summed E-state index contributed by atoms with van der Waals surface area (Å²) in [7, 11) is 0. The SMILES string of the molecule is CCCCCCC1CCC(C(F)(F)Oc2ccc(/C=C/C(=O)OCCc3ccc(N)cc3N)cc2)CC1. The summed E-state index contributed by atoms with van der Waals surface area (Å²) in [4.78, 5) is 12.0. The van der Waals surface area contributed by atoms with Crippen LogP contribution in [0.5, 0.6) is 5.75 Å². The van der Waals surface area contributed by atoms with Crippen LogP contribution >= 0.6 is 0 Å². The first kappa shape index (κ1) is 28.5. The van der Waals surface area contributed by atoms with Crippen LogP contribution in [0.15, 0.2) is 48.5 Å². The maximum Gasteiger partial charge on any atom is 0.400 e. The number of carbonyl (C=O) groups excluding carboxylic acids is 1. The van der Waals surface area contributed by atoms with Gasteiger partial charge in [-0.25, -0.2) is 4.79 Å². The first-order valence-electron chi connectivity index (χ1n) is 13.4. The van der Waals surface area contributed by atoms with E-state index in [1.807, 2.05) is 6.07 Å². The van der Waals surface area contributed by atoms with Gasteiger partial charge in [0.1, 0.15) is 5.75 Å². The van der Waals surface area contributed by atoms with Crippen LogP contribution in [-0.2, 0) is 16.0 Å². The Balaban J connectivity index is 1.40. The van der Waals surface area contributed by atoms with Crippen molar-refractivity contribution in [2.75, 3.05) is 18.1 Å². The van der Waals surface area contributed by atoms with Gasteiger partial charge in [0.15, 0.2) is 0 Å². The highest BCUT2D eigenvalue weighted by molar-refractivity contribution is 5.87. The summed E-state index contributed by atoms with van der Waals surface area (Å²) in [5, 5.41) is 0. The molecule has 5 nitrogen and oxygen atoms in total. The predicted octanol–water partition coefficient (Wildman–Crippen LogP) is 7.40. The molecule has 1 fully saturated rings. The molecule has 202 valence electrons. The minimum Gasteiger partial charge on any atom is -0.462 e. The number of rotatable bonds is 13. The number of alkyl halides is 2. The molecule has 0 saturated heterocycles. The molecule has 1 saturated carbocycles. The molecule has 0 atom stereocenters. The molecule has 1 aliphatic carbocycles. The third kappa shape index (κ3) is 9.38. The van der Waals surface area contributed by atoms with Gasteiger partial charge in [-0.15, -0.1) is 0 Å². The number of esters is 1. The molecule has 2 aromatic carbocycles. The Hall–Kier alpha value is -3.09. The Morgan fingerprint density at radius 3 is 2.43 bits per heavy atom. The summed E-state index contributed by atoms with van der Waals surface area (Å²) < 4.78 is 39.9. The molecular weight excluding hydrogens is 474 g/mol. The molecule has 0 aromatic heterocycles. The van der Waals surface area contributed by atoms with E-state index in [1.54, 1.807) is 30.3 Å². The summed E-state index contributed by atoms with van der Waals surface area (Å²) in [5.74, 6) is -0.566. The van der Waals surface area contributed by atoms with Crippen molar-refractivity contribution >= 4 is 23.4 Å². The second-order valence-corrected chi connectivity index (χ2v) is 10.0. The lowest BCUT2D eigenvalue weighted by atomic mass is 9.79. The van der Waals surface area contributed by atoms with E-state index in [4.69, 9.17) is 20.9 Å². The fourth-order valence-corrected chi connectivity index (χ4v) is 4.85. The Bertz CT molecular complexity index is 1020. The zero-order valence-electron chi connectivity index (χ0n) is 21.8. The van der Waals surface area contributed by atoms with E-state index in [0.717, 1.165) is 24.8 Å². The molecule has 2 aromatic rings. The number of hydrogen-bond acceptors (Lipinski definition) is 5. The second-order valence-electron chi connectivity index (χ2n) is 10.0. The first-order chi connectivity index (χ1) is 17.8. The second kappa shape index (κ2) is 14.0. The van der Waals surface area contributed by atoms with Gasteiger partial charge in [-0.1, -0.05) is 57.2 Å². The number of hydrogen-bond donors (Lipinski definition) is 2. The van der Waals surface area contributed by atoms with Crippen LogP contribution in [0.1, 0.15) is 75.8 Å². The fourth-order valence-electron chi connectivity index (χ4n) is 4.85. The van der Waals surface area contributed by atoms with Gasteiger partial charge >= 0.3 is 12.1 Å². The zero-order chi connectivity index (χ0) is 26.7. The number of halogens is 2. The van der Waals surface area contributed by atoms with Crippen molar-refractivity contribution in [3.05, 3.63) is 59.7 Å². The summed E-state index contributed by atoms with van der Waals surface area (Å²) in [6.07, 6.45) is 8.91. The Labute approximate surface area is 219 Å². The highest BCUT2D eigenvalue weighted by Gasteiger charge is 2.43. The zero-order valence-corrected chi connectivity index (χ0v) is 21.8. The van der Waals surface area contributed by atoms with Crippen LogP contribution < -0.4 is 16.2 Å². The van der Waals surface area contributed by atoms with Gasteiger partial charge < -0.3 is 20.9 Å². The maximum atomic E-state index is 14.8. The van der Waals surface area contributed by atoms with Crippen LogP contribution in [0.4, 0.5) is 20.2 Å². The predicted molar refractivity (Wildman–Crippen MR) is 145 cm³/mol. The van der Waals surface area contributed by atoms with Crippen molar-refractivity contribution in [1.29, 1.82) is 0 Å². The quantitative estimate of drug-likeness (QED) is 0.126. The molecule has 0 radical (unpaired) electrons. The molecular formula is C30H40F2N2O3. The van der Waals surface area contributed by atoms with Crippen molar-refractivity contribution in [3.63, 3.8) is 0 Å². The third-order valence-corrected chi connectivity index (χ3v) is 7.12. The molecule has 0 unspecified atom stereocenters. The number of nitrogens with two attached hydrogens (primary N) is 2. The van der Waals surface area contributed by atoms with E-state index in [1.165, 1.54) is 43.9 Å². The number of nitrogen functional groups attached to an aromatic ring is 2. The van der Waals surface area contributed by atoms with Gasteiger partial charge in [-0.3, -0.25) is 0 Å². The summed E-state index contributed by atoms with van der Waals surface area (Å²) in [6.45, 7) is 2.37. The van der Waals surface area contributed by atoms with Gasteiger partial charge in [0, 0.05) is 23.9 Å². The summed E-state index contributed by atoms with van der Waals surface area (Å²) >= 11 is 0. The van der Waals surface area contributed by atoms with E-state index in [0.29, 0.717) is 42.1 Å². The van der Waals surface area contributed by atoms with Gasteiger partial charge in [-0.05, 0) is 73.1 Å². The highest BCUT2D eigenvalue weighted by atomic mass is 19.3. The van der Waals surface area contributed by atoms with Crippen molar-refractivity contribution in [3.8, 4) is 5.75 Å². The first-order valence-corrected chi connectivity index (χ1v) is 13.4. The standard InChI is InChI=1S/C30H40F2N2O3/c1-2-3-4-5-6-22-7-13-25(14-8-22)30(31,32)37-27-16-9-23(10-17-27)11-18-29(35)36-20-19-24-12-15-26(33)21-28(24)34/h9-12,15-18,21-22,25H,2-8,13-14,19-20,33-34H2,1H3/b18-11+. The molecule has 7 heteroatoms. The van der Waals surface area contributed by atoms with Gasteiger partial charge in [0.05, 0.1) is 12.5 Å². The lowest BCUT2D eigenvalue weighted by molar-refractivity contribution is -0.223. The smallest absolute Gasteiger partial charge is 0.400 e. The van der Waals surface area contributed by atoms with Crippen molar-refractivity contribution < 1.29 is 23.0 Å². The van der Waals surface area contributed by atoms with Crippen molar-refractivity contribution in [2.24, 2.45) is 11.8 Å². The molecule has 0 aliphatic heterocycles. The molecule has 1 aliphatic rings. The normalized spacial score (nSPS) is 18.1. The van der Waals surface area contributed by atoms with Crippen LogP contribution in [0, 0.1) is 11.8 Å². The lowest BCUT2D eigenvalue weighted by Crippen LogP contribution is -2.37. The third-order valence-electron chi connectivity index (χ3n) is 7.12. The average Bonchev–Trinajstić information content (AvgIpc) is 2.87. The molecule has 0 spiro atoms. The maximum absolute atomic E-state index is 14.8. The Morgan fingerprint density at radius 1 is 1.03 bits per heavy atom. The van der Waals surface area contributed by atoms with Crippen molar-refractivity contribution in [1.82, 2.24) is 0 Å². The van der Waals surface area contributed by atoms with E-state index < -0.39 is 18.0 Å². The largest absolute Gasteiger partial charge is 0.462 e. The van der Waals surface area contributed by atoms with Gasteiger partial charge in [0.25, 0.3) is 0 Å². The van der Waals surface area contributed by atoms with Crippen LogP contribution in [0.3, 0.4) is 0 Å².